The van der Waals surface area contributed by atoms with Crippen LogP contribution in [0.25, 0.3) is 22.3 Å². The van der Waals surface area contributed by atoms with E-state index in [1.165, 1.54) is 0 Å². The summed E-state index contributed by atoms with van der Waals surface area (Å²) in [4.78, 5) is 22.9. The zero-order valence-electron chi connectivity index (χ0n) is 15.2. The number of hydrogen-bond acceptors (Lipinski definition) is 7. The van der Waals surface area contributed by atoms with Crippen molar-refractivity contribution in [1.29, 1.82) is 0 Å². The maximum Gasteiger partial charge on any atom is 0.154 e. The third kappa shape index (κ3) is 3.30. The maximum absolute atomic E-state index is 4.69. The fourth-order valence-corrected chi connectivity index (χ4v) is 3.29. The monoisotopic (exact) mass is 349 g/mol. The summed E-state index contributed by atoms with van der Waals surface area (Å²) in [5, 5.41) is 3.11. The van der Waals surface area contributed by atoms with Crippen LogP contribution < -0.4 is 10.2 Å². The van der Waals surface area contributed by atoms with Crippen molar-refractivity contribution in [2.45, 2.75) is 6.42 Å². The largest absolute Gasteiger partial charge is 0.371 e. The third-order valence-corrected chi connectivity index (χ3v) is 4.78. The summed E-state index contributed by atoms with van der Waals surface area (Å²) in [6, 6.07) is 6.13. The molecule has 3 aromatic rings. The molecular weight excluding hydrogens is 326 g/mol. The summed E-state index contributed by atoms with van der Waals surface area (Å²) in [6.07, 6.45) is 6.44. The molecule has 0 radical (unpaired) electrons. The number of anilines is 2. The summed E-state index contributed by atoms with van der Waals surface area (Å²) < 4.78 is 0. The number of hydrogen-bond donors (Lipinski definition) is 1. The second kappa shape index (κ2) is 7.21. The molecule has 7 heteroatoms. The lowest BCUT2D eigenvalue weighted by Crippen LogP contribution is -2.29. The Bertz CT molecular complexity index is 894. The highest BCUT2D eigenvalue weighted by Gasteiger charge is 2.14. The topological polar surface area (TPSA) is 70.1 Å². The summed E-state index contributed by atoms with van der Waals surface area (Å²) in [5.41, 5.74) is 3.42. The van der Waals surface area contributed by atoms with Gasteiger partial charge < -0.3 is 15.1 Å². The van der Waals surface area contributed by atoms with Crippen molar-refractivity contribution < 1.29 is 0 Å². The van der Waals surface area contributed by atoms with Crippen LogP contribution >= 0.6 is 0 Å². The lowest BCUT2D eigenvalue weighted by molar-refractivity contribution is 0.360. The van der Waals surface area contributed by atoms with Gasteiger partial charge in [-0.15, -0.1) is 0 Å². The van der Waals surface area contributed by atoms with E-state index in [1.807, 2.05) is 19.3 Å². The number of nitrogens with one attached hydrogen (secondary N) is 1. The molecule has 7 nitrogen and oxygen atoms in total. The van der Waals surface area contributed by atoms with Crippen molar-refractivity contribution in [2.24, 2.45) is 0 Å². The van der Waals surface area contributed by atoms with Gasteiger partial charge in [0, 0.05) is 50.8 Å². The van der Waals surface area contributed by atoms with Gasteiger partial charge in [0.2, 0.25) is 0 Å². The quantitative estimate of drug-likeness (QED) is 0.778. The highest BCUT2D eigenvalue weighted by atomic mass is 15.2. The van der Waals surface area contributed by atoms with Crippen LogP contribution in [0.5, 0.6) is 0 Å². The van der Waals surface area contributed by atoms with Gasteiger partial charge >= 0.3 is 0 Å². The van der Waals surface area contributed by atoms with Crippen LogP contribution in [0.15, 0.2) is 36.8 Å². The zero-order valence-corrected chi connectivity index (χ0v) is 15.2. The molecule has 1 fully saturated rings. The molecule has 0 spiro atoms. The average molecular weight is 349 g/mol. The van der Waals surface area contributed by atoms with E-state index < -0.39 is 0 Å². The molecule has 0 amide bonds. The van der Waals surface area contributed by atoms with E-state index in [-0.39, 0.29) is 0 Å². The van der Waals surface area contributed by atoms with E-state index in [4.69, 9.17) is 4.98 Å². The fourth-order valence-electron chi connectivity index (χ4n) is 3.29. The Morgan fingerprint density at radius 3 is 2.69 bits per heavy atom. The van der Waals surface area contributed by atoms with Crippen LogP contribution in [-0.4, -0.2) is 65.1 Å². The van der Waals surface area contributed by atoms with Crippen molar-refractivity contribution in [1.82, 2.24) is 24.8 Å². The van der Waals surface area contributed by atoms with Crippen molar-refractivity contribution >= 4 is 22.7 Å². The van der Waals surface area contributed by atoms with Crippen LogP contribution in [0.3, 0.4) is 0 Å². The number of fused-ring (bicyclic) bond motifs is 1. The second-order valence-corrected chi connectivity index (χ2v) is 6.58. The number of rotatable bonds is 3. The minimum absolute atomic E-state index is 0.727. The van der Waals surface area contributed by atoms with E-state index in [0.717, 1.165) is 66.5 Å². The summed E-state index contributed by atoms with van der Waals surface area (Å²) in [5.74, 6) is 1.75. The molecule has 0 aliphatic carbocycles. The van der Waals surface area contributed by atoms with Gasteiger partial charge in [0.1, 0.15) is 11.3 Å². The van der Waals surface area contributed by atoms with E-state index in [1.54, 1.807) is 12.4 Å². The van der Waals surface area contributed by atoms with Crippen LogP contribution in [-0.2, 0) is 0 Å². The van der Waals surface area contributed by atoms with Gasteiger partial charge in [-0.2, -0.15) is 0 Å². The molecule has 4 heterocycles. The van der Waals surface area contributed by atoms with Crippen LogP contribution in [0.4, 0.5) is 11.6 Å². The molecule has 134 valence electrons. The smallest absolute Gasteiger partial charge is 0.154 e. The Morgan fingerprint density at radius 2 is 1.88 bits per heavy atom. The number of likely N-dealkylation sites (N-methyl/N-ethyl adjacent to an activating group) is 1. The highest BCUT2D eigenvalue weighted by Crippen LogP contribution is 2.26. The van der Waals surface area contributed by atoms with Gasteiger partial charge in [-0.3, -0.25) is 4.98 Å². The minimum Gasteiger partial charge on any atom is -0.371 e. The Kier molecular flexibility index (Phi) is 4.62. The highest BCUT2D eigenvalue weighted by molar-refractivity contribution is 5.88. The summed E-state index contributed by atoms with van der Waals surface area (Å²) >= 11 is 0. The molecule has 1 aliphatic heterocycles. The first-order chi connectivity index (χ1) is 12.7. The van der Waals surface area contributed by atoms with Crippen LogP contribution in [0, 0.1) is 0 Å². The summed E-state index contributed by atoms with van der Waals surface area (Å²) in [6.45, 7) is 4.27. The second-order valence-electron chi connectivity index (χ2n) is 6.58. The zero-order chi connectivity index (χ0) is 17.9. The van der Waals surface area contributed by atoms with Crippen molar-refractivity contribution in [3.63, 3.8) is 0 Å². The normalized spacial score (nSPS) is 15.8. The van der Waals surface area contributed by atoms with Crippen molar-refractivity contribution in [3.05, 3.63) is 36.8 Å². The Hall–Kier alpha value is -2.80. The molecule has 0 bridgehead atoms. The molecule has 1 aliphatic rings. The average Bonchev–Trinajstić information content (AvgIpc) is 2.91. The van der Waals surface area contributed by atoms with E-state index in [2.05, 4.69) is 49.2 Å². The van der Waals surface area contributed by atoms with E-state index >= 15 is 0 Å². The van der Waals surface area contributed by atoms with E-state index in [9.17, 15) is 0 Å². The van der Waals surface area contributed by atoms with Gasteiger partial charge in [-0.05, 0) is 38.2 Å². The third-order valence-electron chi connectivity index (χ3n) is 4.78. The molecule has 0 aromatic carbocycles. The first kappa shape index (κ1) is 16.7. The van der Waals surface area contributed by atoms with Gasteiger partial charge in [-0.1, -0.05) is 0 Å². The van der Waals surface area contributed by atoms with Gasteiger partial charge in [0.15, 0.2) is 5.82 Å². The molecule has 0 saturated carbocycles. The molecule has 26 heavy (non-hydrogen) atoms. The number of pyridine rings is 2. The lowest BCUT2D eigenvalue weighted by atomic mass is 10.1. The fraction of sp³-hybridized carbons (Fsp3) is 0.368. The molecular formula is C19H23N7. The molecule has 3 aromatic heterocycles. The van der Waals surface area contributed by atoms with E-state index in [0.29, 0.717) is 0 Å². The number of aromatic nitrogens is 4. The molecule has 1 N–H and O–H groups in total. The molecule has 1 saturated heterocycles. The van der Waals surface area contributed by atoms with Crippen LogP contribution in [0.1, 0.15) is 6.42 Å². The summed E-state index contributed by atoms with van der Waals surface area (Å²) in [7, 11) is 4.02. The van der Waals surface area contributed by atoms with Gasteiger partial charge in [0.05, 0.1) is 11.2 Å². The molecule has 0 atom stereocenters. The lowest BCUT2D eigenvalue weighted by Gasteiger charge is -2.21. The predicted octanol–water partition coefficient (Wildman–Crippen LogP) is 2.27. The Morgan fingerprint density at radius 1 is 1.00 bits per heavy atom. The van der Waals surface area contributed by atoms with Crippen LogP contribution in [0.2, 0.25) is 0 Å². The van der Waals surface area contributed by atoms with Crippen molar-refractivity contribution in [3.8, 4) is 11.3 Å². The molecule has 0 unspecified atom stereocenters. The first-order valence-corrected chi connectivity index (χ1v) is 8.94. The van der Waals surface area contributed by atoms with Gasteiger partial charge in [-0.25, -0.2) is 15.0 Å². The maximum atomic E-state index is 4.69. The minimum atomic E-state index is 0.727. The predicted molar refractivity (Wildman–Crippen MR) is 104 cm³/mol. The SMILES string of the molecule is CNc1nc(-c2ccc(N3CCCN(C)CC3)nc2)cc2nccnc12. The standard InChI is InChI=1S/C19H23N7/c1-20-19-18-16(21-6-7-22-18)12-15(24-19)14-4-5-17(23-13-14)26-9-3-8-25(2)10-11-26/h4-7,12-13H,3,8-11H2,1-2H3,(H,20,24). The Balaban J connectivity index is 1.63. The molecule has 4 rings (SSSR count). The van der Waals surface area contributed by atoms with Gasteiger partial charge in [0.25, 0.3) is 0 Å². The Labute approximate surface area is 153 Å². The van der Waals surface area contributed by atoms with Crippen molar-refractivity contribution in [2.75, 3.05) is 50.5 Å². The first-order valence-electron chi connectivity index (χ1n) is 8.94. The number of nitrogens with zero attached hydrogens (tertiary/aromatic N) is 6.